The van der Waals surface area contributed by atoms with Crippen LogP contribution in [0.4, 0.5) is 11.4 Å². The smallest absolute Gasteiger partial charge is 0.243 e. The van der Waals surface area contributed by atoms with Gasteiger partial charge >= 0.3 is 0 Å². The number of carbonyl (C=O) groups excluding carboxylic acids is 1. The average molecular weight is 282 g/mol. The molecule has 3 nitrogen and oxygen atoms in total. The molecular formula is C18H22N2O. The number of nitrogens with one attached hydrogen (secondary N) is 2. The van der Waals surface area contributed by atoms with E-state index in [1.165, 1.54) is 11.1 Å². The minimum absolute atomic E-state index is 0.0374. The molecule has 0 bridgehead atoms. The number of benzene rings is 2. The minimum atomic E-state index is -0.0374. The van der Waals surface area contributed by atoms with Crippen LogP contribution in [0.3, 0.4) is 0 Å². The Kier molecular flexibility index (Phi) is 4.63. The fourth-order valence-corrected chi connectivity index (χ4v) is 2.18. The van der Waals surface area contributed by atoms with Gasteiger partial charge in [0, 0.05) is 11.4 Å². The normalized spacial score (nSPS) is 10.3. The van der Waals surface area contributed by atoms with Gasteiger partial charge in [-0.1, -0.05) is 24.3 Å². The number of carbonyl (C=O) groups is 1. The summed E-state index contributed by atoms with van der Waals surface area (Å²) in [6.45, 7) is 8.39. The van der Waals surface area contributed by atoms with Crippen molar-refractivity contribution in [2.75, 3.05) is 17.2 Å². The summed E-state index contributed by atoms with van der Waals surface area (Å²) in [5, 5.41) is 6.15. The monoisotopic (exact) mass is 282 g/mol. The van der Waals surface area contributed by atoms with Crippen LogP contribution in [0.5, 0.6) is 0 Å². The summed E-state index contributed by atoms with van der Waals surface area (Å²) in [4.78, 5) is 12.1. The number of rotatable bonds is 4. The molecule has 0 atom stereocenters. The van der Waals surface area contributed by atoms with E-state index < -0.39 is 0 Å². The Morgan fingerprint density at radius 3 is 2.48 bits per heavy atom. The molecule has 0 radical (unpaired) electrons. The lowest BCUT2D eigenvalue weighted by molar-refractivity contribution is -0.114. The van der Waals surface area contributed by atoms with Gasteiger partial charge in [-0.3, -0.25) is 4.79 Å². The summed E-state index contributed by atoms with van der Waals surface area (Å²) in [6, 6.07) is 12.1. The molecule has 0 aliphatic rings. The third kappa shape index (κ3) is 3.85. The van der Waals surface area contributed by atoms with E-state index in [1.54, 1.807) is 0 Å². The first kappa shape index (κ1) is 15.1. The van der Waals surface area contributed by atoms with Crippen molar-refractivity contribution in [3.63, 3.8) is 0 Å². The summed E-state index contributed by atoms with van der Waals surface area (Å²) >= 11 is 0. The van der Waals surface area contributed by atoms with Gasteiger partial charge < -0.3 is 10.6 Å². The highest BCUT2D eigenvalue weighted by Crippen LogP contribution is 2.18. The highest BCUT2D eigenvalue weighted by Gasteiger charge is 2.06. The van der Waals surface area contributed by atoms with Crippen LogP contribution in [0.25, 0.3) is 0 Å². The Balaban J connectivity index is 1.99. The lowest BCUT2D eigenvalue weighted by Gasteiger charge is -2.13. The van der Waals surface area contributed by atoms with Crippen LogP contribution in [0, 0.1) is 27.7 Å². The molecule has 2 aromatic carbocycles. The zero-order valence-corrected chi connectivity index (χ0v) is 13.1. The van der Waals surface area contributed by atoms with Gasteiger partial charge in [0.05, 0.1) is 6.54 Å². The van der Waals surface area contributed by atoms with E-state index in [-0.39, 0.29) is 12.5 Å². The van der Waals surface area contributed by atoms with Crippen molar-refractivity contribution >= 4 is 17.3 Å². The van der Waals surface area contributed by atoms with Crippen molar-refractivity contribution in [3.05, 3.63) is 58.7 Å². The maximum Gasteiger partial charge on any atom is 0.243 e. The molecule has 0 saturated carbocycles. The molecule has 0 saturated heterocycles. The third-order valence-corrected chi connectivity index (χ3v) is 3.71. The zero-order valence-electron chi connectivity index (χ0n) is 13.1. The van der Waals surface area contributed by atoms with Crippen molar-refractivity contribution < 1.29 is 4.79 Å². The molecule has 0 aromatic heterocycles. The molecule has 0 unspecified atom stereocenters. The highest BCUT2D eigenvalue weighted by molar-refractivity contribution is 5.94. The number of amides is 1. The van der Waals surface area contributed by atoms with Crippen molar-refractivity contribution in [3.8, 4) is 0 Å². The van der Waals surface area contributed by atoms with E-state index in [0.29, 0.717) is 0 Å². The number of anilines is 2. The Morgan fingerprint density at radius 2 is 1.71 bits per heavy atom. The van der Waals surface area contributed by atoms with Crippen LogP contribution in [0.15, 0.2) is 36.4 Å². The van der Waals surface area contributed by atoms with Gasteiger partial charge in [0.2, 0.25) is 5.91 Å². The van der Waals surface area contributed by atoms with Crippen LogP contribution in [0.2, 0.25) is 0 Å². The van der Waals surface area contributed by atoms with Gasteiger partial charge in [0.15, 0.2) is 0 Å². The summed E-state index contributed by atoms with van der Waals surface area (Å²) in [7, 11) is 0. The Hall–Kier alpha value is -2.29. The summed E-state index contributed by atoms with van der Waals surface area (Å²) in [6.07, 6.45) is 0. The minimum Gasteiger partial charge on any atom is -0.376 e. The van der Waals surface area contributed by atoms with E-state index in [0.717, 1.165) is 22.5 Å². The zero-order chi connectivity index (χ0) is 15.4. The first-order valence-corrected chi connectivity index (χ1v) is 7.14. The largest absolute Gasteiger partial charge is 0.376 e. The molecule has 1 amide bonds. The van der Waals surface area contributed by atoms with Crippen molar-refractivity contribution in [1.82, 2.24) is 0 Å². The molecule has 0 fully saturated rings. The SMILES string of the molecule is Cc1ccc(C)c(NC(=O)CNc2cccc(C)c2C)c1. The molecule has 0 aliphatic heterocycles. The number of aryl methyl sites for hydroxylation is 3. The molecule has 0 aliphatic carbocycles. The molecule has 2 N–H and O–H groups in total. The maximum atomic E-state index is 12.1. The molecule has 0 spiro atoms. The van der Waals surface area contributed by atoms with E-state index in [1.807, 2.05) is 44.2 Å². The van der Waals surface area contributed by atoms with Crippen LogP contribution in [-0.2, 0) is 4.79 Å². The summed E-state index contributed by atoms with van der Waals surface area (Å²) in [5.41, 5.74) is 6.49. The Labute approximate surface area is 126 Å². The second-order valence-electron chi connectivity index (χ2n) is 5.47. The lowest BCUT2D eigenvalue weighted by atomic mass is 10.1. The fourth-order valence-electron chi connectivity index (χ4n) is 2.18. The van der Waals surface area contributed by atoms with Gasteiger partial charge in [-0.25, -0.2) is 0 Å². The topological polar surface area (TPSA) is 41.1 Å². The predicted octanol–water partition coefficient (Wildman–Crippen LogP) is 3.97. The number of hydrogen-bond acceptors (Lipinski definition) is 2. The second-order valence-corrected chi connectivity index (χ2v) is 5.47. The van der Waals surface area contributed by atoms with Crippen molar-refractivity contribution in [2.45, 2.75) is 27.7 Å². The first-order chi connectivity index (χ1) is 9.97. The molecule has 21 heavy (non-hydrogen) atoms. The molecule has 2 aromatic rings. The number of hydrogen-bond donors (Lipinski definition) is 2. The molecule has 0 heterocycles. The van der Waals surface area contributed by atoms with Gasteiger partial charge in [0.1, 0.15) is 0 Å². The van der Waals surface area contributed by atoms with Gasteiger partial charge in [-0.05, 0) is 62.1 Å². The Bertz CT molecular complexity index is 662. The summed E-state index contributed by atoms with van der Waals surface area (Å²) in [5.74, 6) is -0.0374. The van der Waals surface area contributed by atoms with Crippen molar-refractivity contribution in [2.24, 2.45) is 0 Å². The van der Waals surface area contributed by atoms with Gasteiger partial charge in [-0.2, -0.15) is 0 Å². The quantitative estimate of drug-likeness (QED) is 0.891. The van der Waals surface area contributed by atoms with Gasteiger partial charge in [-0.15, -0.1) is 0 Å². The van der Waals surface area contributed by atoms with Crippen LogP contribution < -0.4 is 10.6 Å². The van der Waals surface area contributed by atoms with Crippen LogP contribution >= 0.6 is 0 Å². The van der Waals surface area contributed by atoms with Crippen molar-refractivity contribution in [1.29, 1.82) is 0 Å². The predicted molar refractivity (Wildman–Crippen MR) is 89.0 cm³/mol. The van der Waals surface area contributed by atoms with E-state index in [2.05, 4.69) is 30.5 Å². The van der Waals surface area contributed by atoms with E-state index in [4.69, 9.17) is 0 Å². The van der Waals surface area contributed by atoms with E-state index in [9.17, 15) is 4.79 Å². The fraction of sp³-hybridized carbons (Fsp3) is 0.278. The summed E-state index contributed by atoms with van der Waals surface area (Å²) < 4.78 is 0. The molecule has 2 rings (SSSR count). The van der Waals surface area contributed by atoms with Crippen LogP contribution in [0.1, 0.15) is 22.3 Å². The second kappa shape index (κ2) is 6.44. The standard InChI is InChI=1S/C18H22N2O/c1-12-8-9-14(3)17(10-12)20-18(21)11-19-16-7-5-6-13(2)15(16)4/h5-10,19H,11H2,1-4H3,(H,20,21). The molecule has 3 heteroatoms. The first-order valence-electron chi connectivity index (χ1n) is 7.14. The third-order valence-electron chi connectivity index (χ3n) is 3.71. The molecular weight excluding hydrogens is 260 g/mol. The molecule has 110 valence electrons. The van der Waals surface area contributed by atoms with Crippen LogP contribution in [-0.4, -0.2) is 12.5 Å². The van der Waals surface area contributed by atoms with E-state index >= 15 is 0 Å². The highest BCUT2D eigenvalue weighted by atomic mass is 16.1. The average Bonchev–Trinajstić information content (AvgIpc) is 2.44. The Morgan fingerprint density at radius 1 is 0.952 bits per heavy atom. The lowest BCUT2D eigenvalue weighted by Crippen LogP contribution is -2.22. The maximum absolute atomic E-state index is 12.1. The van der Waals surface area contributed by atoms with Gasteiger partial charge in [0.25, 0.3) is 0 Å².